The summed E-state index contributed by atoms with van der Waals surface area (Å²) in [5, 5.41) is 0. The third-order valence-corrected chi connectivity index (χ3v) is 8.05. The van der Waals surface area contributed by atoms with Gasteiger partial charge in [0.25, 0.3) is 0 Å². The number of methoxy groups -OCH3 is 4. The SMILES string of the molecule is COC(COc1c(S(C)(=O)=O)ccc(C(=O)c2ccc(S(C)(=O)=O)c(OCC(OC)OC)c2C)c1C)OC. The molecule has 11 nitrogen and oxygen atoms in total. The van der Waals surface area contributed by atoms with Crippen molar-refractivity contribution in [2.45, 2.75) is 36.2 Å². The van der Waals surface area contributed by atoms with E-state index in [1.165, 1.54) is 52.7 Å². The Bertz CT molecular complexity index is 1250. The van der Waals surface area contributed by atoms with Crippen LogP contribution >= 0.6 is 0 Å². The first kappa shape index (κ1) is 31.7. The van der Waals surface area contributed by atoms with E-state index in [1.54, 1.807) is 13.8 Å². The first-order valence-corrected chi connectivity index (χ1v) is 15.1. The van der Waals surface area contributed by atoms with Crippen LogP contribution in [0, 0.1) is 13.8 Å². The smallest absolute Gasteiger partial charge is 0.193 e. The Morgan fingerprint density at radius 1 is 0.658 bits per heavy atom. The van der Waals surface area contributed by atoms with Gasteiger partial charge in [-0.05, 0) is 38.1 Å². The highest BCUT2D eigenvalue weighted by Gasteiger charge is 2.27. The Balaban J connectivity index is 2.65. The average Bonchev–Trinajstić information content (AvgIpc) is 2.84. The molecule has 0 aliphatic heterocycles. The second-order valence-electron chi connectivity index (χ2n) is 8.43. The van der Waals surface area contributed by atoms with Gasteiger partial charge in [0.1, 0.15) is 34.5 Å². The van der Waals surface area contributed by atoms with Crippen LogP contribution in [0.1, 0.15) is 27.0 Å². The lowest BCUT2D eigenvalue weighted by Crippen LogP contribution is -2.23. The number of carbonyl (C=O) groups excluding carboxylic acids is 1. The van der Waals surface area contributed by atoms with Crippen LogP contribution in [-0.2, 0) is 38.6 Å². The minimum Gasteiger partial charge on any atom is -0.487 e. The first-order valence-electron chi connectivity index (χ1n) is 11.3. The zero-order chi connectivity index (χ0) is 28.8. The molecule has 2 rings (SSSR count). The standard InChI is InChI=1S/C25H34O11S2/c1-15-17(9-11-19(37(7,27)28)24(15)35-13-21(31-3)32-4)23(26)18-10-12-20(38(8,29)30)25(16(18)2)36-14-22(33-5)34-6/h9-12,21-22H,13-14H2,1-8H3. The van der Waals surface area contributed by atoms with E-state index < -0.39 is 38.0 Å². The number of benzene rings is 2. The summed E-state index contributed by atoms with van der Waals surface area (Å²) in [4.78, 5) is 13.5. The molecule has 2 aromatic rings. The zero-order valence-corrected chi connectivity index (χ0v) is 24.3. The van der Waals surface area contributed by atoms with Crippen LogP contribution in [0.5, 0.6) is 11.5 Å². The van der Waals surface area contributed by atoms with Gasteiger partial charge in [0, 0.05) is 63.2 Å². The summed E-state index contributed by atoms with van der Waals surface area (Å²) >= 11 is 0. The van der Waals surface area contributed by atoms with Crippen LogP contribution in [0.25, 0.3) is 0 Å². The van der Waals surface area contributed by atoms with E-state index in [0.717, 1.165) is 12.5 Å². The fourth-order valence-electron chi connectivity index (χ4n) is 3.68. The molecule has 0 spiro atoms. The van der Waals surface area contributed by atoms with Gasteiger partial charge in [-0.25, -0.2) is 16.8 Å². The molecule has 0 aliphatic carbocycles. The maximum Gasteiger partial charge on any atom is 0.193 e. The topological polar surface area (TPSA) is 141 Å². The van der Waals surface area contributed by atoms with Gasteiger partial charge in [0.05, 0.1) is 0 Å². The van der Waals surface area contributed by atoms with Crippen molar-refractivity contribution in [1.29, 1.82) is 0 Å². The minimum atomic E-state index is -3.71. The highest BCUT2D eigenvalue weighted by Crippen LogP contribution is 2.35. The van der Waals surface area contributed by atoms with E-state index in [4.69, 9.17) is 28.4 Å². The summed E-state index contributed by atoms with van der Waals surface area (Å²) in [7, 11) is -1.79. The third-order valence-electron chi connectivity index (χ3n) is 5.81. The summed E-state index contributed by atoms with van der Waals surface area (Å²) < 4.78 is 81.7. The van der Waals surface area contributed by atoms with Gasteiger partial charge in [0.15, 0.2) is 38.0 Å². The Morgan fingerprint density at radius 2 is 0.974 bits per heavy atom. The largest absolute Gasteiger partial charge is 0.487 e. The Hall–Kier alpha value is -2.55. The fourth-order valence-corrected chi connectivity index (χ4v) is 5.41. The molecule has 38 heavy (non-hydrogen) atoms. The second-order valence-corrected chi connectivity index (χ2v) is 12.4. The van der Waals surface area contributed by atoms with Gasteiger partial charge in [-0.2, -0.15) is 0 Å². The van der Waals surface area contributed by atoms with E-state index in [-0.39, 0.29) is 56.8 Å². The molecular weight excluding hydrogens is 540 g/mol. The predicted molar refractivity (Wildman–Crippen MR) is 139 cm³/mol. The van der Waals surface area contributed by atoms with Crippen LogP contribution in [0.15, 0.2) is 34.1 Å². The molecule has 0 unspecified atom stereocenters. The predicted octanol–water partition coefficient (Wildman–Crippen LogP) is 2.34. The molecule has 0 saturated carbocycles. The van der Waals surface area contributed by atoms with E-state index in [1.807, 2.05) is 0 Å². The third kappa shape index (κ3) is 7.30. The molecule has 0 fully saturated rings. The van der Waals surface area contributed by atoms with Crippen molar-refractivity contribution < 1.29 is 50.1 Å². The van der Waals surface area contributed by atoms with Crippen LogP contribution in [0.3, 0.4) is 0 Å². The van der Waals surface area contributed by atoms with Gasteiger partial charge < -0.3 is 28.4 Å². The van der Waals surface area contributed by atoms with E-state index in [2.05, 4.69) is 0 Å². The maximum absolute atomic E-state index is 13.7. The number of sulfone groups is 2. The molecule has 0 atom stereocenters. The quantitative estimate of drug-likeness (QED) is 0.242. The van der Waals surface area contributed by atoms with Crippen molar-refractivity contribution in [2.75, 3.05) is 54.2 Å². The van der Waals surface area contributed by atoms with Crippen LogP contribution in [0.2, 0.25) is 0 Å². The number of rotatable bonds is 14. The van der Waals surface area contributed by atoms with Crippen molar-refractivity contribution >= 4 is 25.5 Å². The molecular formula is C25H34O11S2. The molecule has 0 N–H and O–H groups in total. The van der Waals surface area contributed by atoms with Gasteiger partial charge in [-0.15, -0.1) is 0 Å². The van der Waals surface area contributed by atoms with E-state index in [9.17, 15) is 21.6 Å². The molecule has 0 aromatic heterocycles. The number of hydrogen-bond donors (Lipinski definition) is 0. The van der Waals surface area contributed by atoms with Crippen LogP contribution in [-0.4, -0.2) is 89.4 Å². The molecule has 212 valence electrons. The van der Waals surface area contributed by atoms with Crippen molar-refractivity contribution in [3.05, 3.63) is 46.5 Å². The van der Waals surface area contributed by atoms with Crippen LogP contribution in [0.4, 0.5) is 0 Å². The molecule has 0 heterocycles. The Morgan fingerprint density at radius 3 is 1.24 bits per heavy atom. The lowest BCUT2D eigenvalue weighted by atomic mass is 9.95. The first-order chi connectivity index (χ1) is 17.7. The lowest BCUT2D eigenvalue weighted by Gasteiger charge is -2.21. The van der Waals surface area contributed by atoms with Gasteiger partial charge in [-0.1, -0.05) is 0 Å². The molecule has 0 radical (unpaired) electrons. The van der Waals surface area contributed by atoms with Crippen molar-refractivity contribution in [2.24, 2.45) is 0 Å². The van der Waals surface area contributed by atoms with Gasteiger partial charge >= 0.3 is 0 Å². The summed E-state index contributed by atoms with van der Waals surface area (Å²) in [6.07, 6.45) is 0.528. The maximum atomic E-state index is 13.7. The summed E-state index contributed by atoms with van der Waals surface area (Å²) in [6.45, 7) is 2.86. The molecule has 0 aliphatic rings. The van der Waals surface area contributed by atoms with Crippen molar-refractivity contribution in [3.8, 4) is 11.5 Å². The second kappa shape index (κ2) is 13.0. The van der Waals surface area contributed by atoms with Crippen molar-refractivity contribution in [3.63, 3.8) is 0 Å². The van der Waals surface area contributed by atoms with Crippen LogP contribution < -0.4 is 9.47 Å². The Kier molecular flexibility index (Phi) is 10.8. The highest BCUT2D eigenvalue weighted by molar-refractivity contribution is 7.91. The highest BCUT2D eigenvalue weighted by atomic mass is 32.2. The Labute approximate surface area is 223 Å². The monoisotopic (exact) mass is 574 g/mol. The van der Waals surface area contributed by atoms with E-state index >= 15 is 0 Å². The summed E-state index contributed by atoms with van der Waals surface area (Å²) in [5.41, 5.74) is 0.867. The number of carbonyl (C=O) groups is 1. The minimum absolute atomic E-state index is 0.0117. The molecule has 0 saturated heterocycles. The molecule has 13 heteroatoms. The molecule has 2 aromatic carbocycles. The fraction of sp³-hybridized carbons (Fsp3) is 0.480. The lowest BCUT2D eigenvalue weighted by molar-refractivity contribution is -0.122. The number of hydrogen-bond acceptors (Lipinski definition) is 11. The normalized spacial score (nSPS) is 12.3. The van der Waals surface area contributed by atoms with Crippen molar-refractivity contribution in [1.82, 2.24) is 0 Å². The summed E-state index contributed by atoms with van der Waals surface area (Å²) in [5.74, 6) is -0.510. The number of ether oxygens (including phenoxy) is 6. The van der Waals surface area contributed by atoms with E-state index in [0.29, 0.717) is 0 Å². The average molecular weight is 575 g/mol. The van der Waals surface area contributed by atoms with Gasteiger partial charge in [0.2, 0.25) is 0 Å². The zero-order valence-electron chi connectivity index (χ0n) is 22.7. The van der Waals surface area contributed by atoms with Gasteiger partial charge in [-0.3, -0.25) is 4.79 Å². The number of ketones is 1. The molecule has 0 bridgehead atoms. The summed E-state index contributed by atoms with van der Waals surface area (Å²) in [6, 6.07) is 5.36. The molecule has 0 amide bonds.